The van der Waals surface area contributed by atoms with Crippen LogP contribution in [0.2, 0.25) is 5.28 Å². The maximum atomic E-state index is 5.98. The number of nitrogens with two attached hydrogens (primary N) is 1. The Hall–Kier alpha value is -1.40. The minimum Gasteiger partial charge on any atom is -0.394 e. The summed E-state index contributed by atoms with van der Waals surface area (Å²) in [6.07, 6.45) is 0. The molecule has 0 aromatic carbocycles. The van der Waals surface area contributed by atoms with E-state index in [2.05, 4.69) is 15.0 Å². The van der Waals surface area contributed by atoms with Crippen molar-refractivity contribution in [3.63, 3.8) is 0 Å². The average Bonchev–Trinajstić information content (AvgIpc) is 2.69. The Morgan fingerprint density at radius 2 is 2.06 bits per heavy atom. The SMILES string of the molecule is Cc1ncsc1CN(C)c1nc(Cl)nc(C)c1N. The highest BCUT2D eigenvalue weighted by molar-refractivity contribution is 7.09. The monoisotopic (exact) mass is 283 g/mol. The molecule has 0 unspecified atom stereocenters. The molecule has 18 heavy (non-hydrogen) atoms. The van der Waals surface area contributed by atoms with E-state index in [-0.39, 0.29) is 5.28 Å². The Kier molecular flexibility index (Phi) is 3.68. The van der Waals surface area contributed by atoms with E-state index < -0.39 is 0 Å². The van der Waals surface area contributed by atoms with Crippen LogP contribution in [0.25, 0.3) is 0 Å². The third kappa shape index (κ3) is 2.54. The first-order valence-electron chi connectivity index (χ1n) is 5.38. The molecule has 7 heteroatoms. The molecule has 0 amide bonds. The van der Waals surface area contributed by atoms with Crippen LogP contribution in [0.1, 0.15) is 16.3 Å². The highest BCUT2D eigenvalue weighted by Crippen LogP contribution is 2.26. The molecule has 2 N–H and O–H groups in total. The van der Waals surface area contributed by atoms with Crippen molar-refractivity contribution in [3.8, 4) is 0 Å². The van der Waals surface area contributed by atoms with Crippen LogP contribution in [0.15, 0.2) is 5.51 Å². The number of nitrogen functional groups attached to an aromatic ring is 1. The van der Waals surface area contributed by atoms with Gasteiger partial charge >= 0.3 is 0 Å². The number of rotatable bonds is 3. The molecule has 2 rings (SSSR count). The van der Waals surface area contributed by atoms with E-state index in [4.69, 9.17) is 17.3 Å². The minimum absolute atomic E-state index is 0.213. The molecule has 2 aromatic heterocycles. The predicted molar refractivity (Wildman–Crippen MR) is 75.1 cm³/mol. The van der Waals surface area contributed by atoms with Crippen molar-refractivity contribution >= 4 is 34.4 Å². The van der Waals surface area contributed by atoms with Gasteiger partial charge in [0, 0.05) is 11.9 Å². The number of halogens is 1. The van der Waals surface area contributed by atoms with E-state index in [9.17, 15) is 0 Å². The number of aromatic nitrogens is 3. The maximum absolute atomic E-state index is 5.98. The van der Waals surface area contributed by atoms with Gasteiger partial charge in [-0.15, -0.1) is 11.3 Å². The molecule has 2 aromatic rings. The summed E-state index contributed by atoms with van der Waals surface area (Å²) in [6, 6.07) is 0. The van der Waals surface area contributed by atoms with E-state index in [0.717, 1.165) is 5.69 Å². The van der Waals surface area contributed by atoms with Crippen LogP contribution in [0.3, 0.4) is 0 Å². The van der Waals surface area contributed by atoms with Gasteiger partial charge in [0.05, 0.1) is 29.1 Å². The molecule has 0 saturated carbocycles. The summed E-state index contributed by atoms with van der Waals surface area (Å²) in [4.78, 5) is 15.6. The lowest BCUT2D eigenvalue weighted by molar-refractivity contribution is 0.893. The number of anilines is 2. The highest BCUT2D eigenvalue weighted by atomic mass is 35.5. The smallest absolute Gasteiger partial charge is 0.224 e. The zero-order chi connectivity index (χ0) is 13.3. The van der Waals surface area contributed by atoms with Crippen LogP contribution in [-0.4, -0.2) is 22.0 Å². The number of thiazole rings is 1. The van der Waals surface area contributed by atoms with Gasteiger partial charge in [0.2, 0.25) is 5.28 Å². The standard InChI is InChI=1S/C11H14ClN5S/c1-6-8(18-5-14-6)4-17(3)10-9(13)7(2)15-11(12)16-10/h5H,4,13H2,1-3H3. The summed E-state index contributed by atoms with van der Waals surface area (Å²) in [5, 5.41) is 0.213. The minimum atomic E-state index is 0.213. The van der Waals surface area contributed by atoms with Gasteiger partial charge in [-0.1, -0.05) is 0 Å². The topological polar surface area (TPSA) is 67.9 Å². The molecule has 2 heterocycles. The average molecular weight is 284 g/mol. The second-order valence-electron chi connectivity index (χ2n) is 4.03. The van der Waals surface area contributed by atoms with Crippen LogP contribution in [0, 0.1) is 13.8 Å². The summed E-state index contributed by atoms with van der Waals surface area (Å²) >= 11 is 7.48. The fourth-order valence-electron chi connectivity index (χ4n) is 1.59. The normalized spacial score (nSPS) is 10.7. The lowest BCUT2D eigenvalue weighted by atomic mass is 10.3. The van der Waals surface area contributed by atoms with Crippen molar-refractivity contribution in [1.29, 1.82) is 0 Å². The zero-order valence-electron chi connectivity index (χ0n) is 10.4. The predicted octanol–water partition coefficient (Wildman–Crippen LogP) is 2.42. The van der Waals surface area contributed by atoms with Crippen molar-refractivity contribution in [1.82, 2.24) is 15.0 Å². The zero-order valence-corrected chi connectivity index (χ0v) is 12.0. The van der Waals surface area contributed by atoms with Crippen LogP contribution >= 0.6 is 22.9 Å². The Morgan fingerprint density at radius 1 is 1.33 bits per heavy atom. The molecule has 0 atom stereocenters. The van der Waals surface area contributed by atoms with Crippen LogP contribution in [-0.2, 0) is 6.54 Å². The van der Waals surface area contributed by atoms with Gasteiger partial charge in [0.15, 0.2) is 5.82 Å². The lowest BCUT2D eigenvalue weighted by Gasteiger charge is -2.20. The summed E-state index contributed by atoms with van der Waals surface area (Å²) in [5.41, 5.74) is 10.1. The molecule has 96 valence electrons. The van der Waals surface area contributed by atoms with Crippen molar-refractivity contribution < 1.29 is 0 Å². The number of hydrogen-bond acceptors (Lipinski definition) is 6. The summed E-state index contributed by atoms with van der Waals surface area (Å²) in [6.45, 7) is 4.51. The van der Waals surface area contributed by atoms with E-state index in [1.54, 1.807) is 11.3 Å². The van der Waals surface area contributed by atoms with Crippen molar-refractivity contribution in [2.24, 2.45) is 0 Å². The first kappa shape index (κ1) is 13.0. The second-order valence-corrected chi connectivity index (χ2v) is 5.31. The maximum Gasteiger partial charge on any atom is 0.224 e. The van der Waals surface area contributed by atoms with Gasteiger partial charge in [0.25, 0.3) is 0 Å². The van der Waals surface area contributed by atoms with Gasteiger partial charge in [-0.2, -0.15) is 4.98 Å². The molecular formula is C11H14ClN5S. The third-order valence-electron chi connectivity index (χ3n) is 2.68. The Bertz CT molecular complexity index is 569. The van der Waals surface area contributed by atoms with Crippen molar-refractivity contribution in [2.75, 3.05) is 17.7 Å². The van der Waals surface area contributed by atoms with Crippen LogP contribution < -0.4 is 10.6 Å². The Labute approximate surface area is 115 Å². The molecule has 5 nitrogen and oxygen atoms in total. The molecule has 0 saturated heterocycles. The first-order chi connectivity index (χ1) is 8.49. The molecular weight excluding hydrogens is 270 g/mol. The molecule has 0 aliphatic carbocycles. The summed E-state index contributed by atoms with van der Waals surface area (Å²) in [7, 11) is 1.92. The fourth-order valence-corrected chi connectivity index (χ4v) is 2.63. The molecule has 0 aliphatic rings. The lowest BCUT2D eigenvalue weighted by Crippen LogP contribution is -2.20. The molecule has 0 spiro atoms. The van der Waals surface area contributed by atoms with E-state index in [1.807, 2.05) is 31.3 Å². The number of aryl methyl sites for hydroxylation is 2. The summed E-state index contributed by atoms with van der Waals surface area (Å²) in [5.74, 6) is 0.653. The van der Waals surface area contributed by atoms with Gasteiger partial charge < -0.3 is 10.6 Å². The van der Waals surface area contributed by atoms with Crippen LogP contribution in [0.5, 0.6) is 0 Å². The van der Waals surface area contributed by atoms with Gasteiger partial charge in [-0.05, 0) is 25.4 Å². The quantitative estimate of drug-likeness (QED) is 0.876. The molecule has 0 fully saturated rings. The van der Waals surface area contributed by atoms with E-state index in [1.165, 1.54) is 4.88 Å². The fraction of sp³-hybridized carbons (Fsp3) is 0.364. The van der Waals surface area contributed by atoms with E-state index >= 15 is 0 Å². The Balaban J connectivity index is 2.29. The van der Waals surface area contributed by atoms with Gasteiger partial charge in [-0.25, -0.2) is 9.97 Å². The van der Waals surface area contributed by atoms with E-state index in [0.29, 0.717) is 23.7 Å². The van der Waals surface area contributed by atoms with Gasteiger partial charge in [-0.3, -0.25) is 0 Å². The molecule has 0 aliphatic heterocycles. The van der Waals surface area contributed by atoms with Gasteiger partial charge in [0.1, 0.15) is 0 Å². The third-order valence-corrected chi connectivity index (χ3v) is 3.76. The molecule has 0 radical (unpaired) electrons. The first-order valence-corrected chi connectivity index (χ1v) is 6.64. The van der Waals surface area contributed by atoms with Crippen LogP contribution in [0.4, 0.5) is 11.5 Å². The summed E-state index contributed by atoms with van der Waals surface area (Å²) < 4.78 is 0. The second kappa shape index (κ2) is 5.07. The van der Waals surface area contributed by atoms with Crippen molar-refractivity contribution in [3.05, 3.63) is 27.1 Å². The molecule has 0 bridgehead atoms. The highest BCUT2D eigenvalue weighted by Gasteiger charge is 2.14. The number of hydrogen-bond donors (Lipinski definition) is 1. The number of nitrogens with zero attached hydrogens (tertiary/aromatic N) is 4. The Morgan fingerprint density at radius 3 is 2.67 bits per heavy atom. The largest absolute Gasteiger partial charge is 0.394 e. The van der Waals surface area contributed by atoms with Crippen molar-refractivity contribution in [2.45, 2.75) is 20.4 Å².